The second-order valence-corrected chi connectivity index (χ2v) is 6.61. The number of likely N-dealkylation sites (N-methyl/N-ethyl adjacent to an activating group) is 1. The van der Waals surface area contributed by atoms with Gasteiger partial charge in [-0.3, -0.25) is 9.59 Å². The molecule has 5 heteroatoms. The van der Waals surface area contributed by atoms with E-state index in [-0.39, 0.29) is 17.7 Å². The number of nitrogens with zero attached hydrogens (tertiary/aromatic N) is 1. The number of carbonyl (C=O) groups is 2. The Labute approximate surface area is 144 Å². The summed E-state index contributed by atoms with van der Waals surface area (Å²) in [7, 11) is 1.93. The predicted octanol–water partition coefficient (Wildman–Crippen LogP) is 2.04. The van der Waals surface area contributed by atoms with Crippen molar-refractivity contribution in [2.45, 2.75) is 45.2 Å². The van der Waals surface area contributed by atoms with Crippen LogP contribution in [0.3, 0.4) is 0 Å². The van der Waals surface area contributed by atoms with Crippen LogP contribution in [0.2, 0.25) is 0 Å². The average Bonchev–Trinajstić information content (AvgIpc) is 2.65. The molecule has 0 saturated carbocycles. The molecule has 1 aromatic carbocycles. The number of piperidine rings is 1. The topological polar surface area (TPSA) is 61.4 Å². The SMILES string of the molecule is CCC(C)C(NC(=O)c1ccccc1)C(=O)N1CCCC(NC)C1. The second kappa shape index (κ2) is 8.83. The van der Waals surface area contributed by atoms with E-state index in [1.807, 2.05) is 44.0 Å². The van der Waals surface area contributed by atoms with Gasteiger partial charge in [-0.15, -0.1) is 0 Å². The van der Waals surface area contributed by atoms with Crippen molar-refractivity contribution in [3.63, 3.8) is 0 Å². The Morgan fingerprint density at radius 2 is 2.00 bits per heavy atom. The molecule has 132 valence electrons. The van der Waals surface area contributed by atoms with Gasteiger partial charge in [-0.25, -0.2) is 0 Å². The van der Waals surface area contributed by atoms with Gasteiger partial charge in [0.1, 0.15) is 6.04 Å². The number of hydrogen-bond acceptors (Lipinski definition) is 3. The lowest BCUT2D eigenvalue weighted by Crippen LogP contribution is -2.56. The second-order valence-electron chi connectivity index (χ2n) is 6.61. The summed E-state index contributed by atoms with van der Waals surface area (Å²) in [6, 6.07) is 8.94. The maximum absolute atomic E-state index is 13.0. The highest BCUT2D eigenvalue weighted by Crippen LogP contribution is 2.16. The summed E-state index contributed by atoms with van der Waals surface area (Å²) in [6.45, 7) is 5.55. The van der Waals surface area contributed by atoms with Crippen LogP contribution in [0, 0.1) is 5.92 Å². The van der Waals surface area contributed by atoms with Crippen molar-refractivity contribution in [1.29, 1.82) is 0 Å². The molecule has 5 nitrogen and oxygen atoms in total. The lowest BCUT2D eigenvalue weighted by Gasteiger charge is -2.36. The van der Waals surface area contributed by atoms with Gasteiger partial charge in [-0.05, 0) is 37.9 Å². The van der Waals surface area contributed by atoms with Gasteiger partial charge in [-0.2, -0.15) is 0 Å². The molecule has 3 atom stereocenters. The molecule has 1 saturated heterocycles. The fourth-order valence-corrected chi connectivity index (χ4v) is 3.11. The molecule has 1 aliphatic rings. The maximum Gasteiger partial charge on any atom is 0.251 e. The molecule has 1 fully saturated rings. The lowest BCUT2D eigenvalue weighted by atomic mass is 9.95. The molecular formula is C19H29N3O2. The number of likely N-dealkylation sites (tertiary alicyclic amines) is 1. The molecule has 0 aromatic heterocycles. The van der Waals surface area contributed by atoms with Crippen LogP contribution in [-0.2, 0) is 4.79 Å². The normalized spacial score (nSPS) is 20.3. The molecule has 2 rings (SSSR count). The highest BCUT2D eigenvalue weighted by molar-refractivity contribution is 5.97. The first-order chi connectivity index (χ1) is 11.6. The fourth-order valence-electron chi connectivity index (χ4n) is 3.11. The minimum absolute atomic E-state index is 0.0357. The van der Waals surface area contributed by atoms with E-state index >= 15 is 0 Å². The smallest absolute Gasteiger partial charge is 0.251 e. The van der Waals surface area contributed by atoms with Crippen molar-refractivity contribution < 1.29 is 9.59 Å². The van der Waals surface area contributed by atoms with Gasteiger partial charge in [0.05, 0.1) is 0 Å². The quantitative estimate of drug-likeness (QED) is 0.838. The first-order valence-electron chi connectivity index (χ1n) is 8.88. The number of benzene rings is 1. The number of hydrogen-bond donors (Lipinski definition) is 2. The highest BCUT2D eigenvalue weighted by Gasteiger charge is 2.32. The van der Waals surface area contributed by atoms with E-state index < -0.39 is 6.04 Å². The summed E-state index contributed by atoms with van der Waals surface area (Å²) in [4.78, 5) is 27.4. The third-order valence-corrected chi connectivity index (χ3v) is 4.94. The summed E-state index contributed by atoms with van der Waals surface area (Å²) in [6.07, 6.45) is 2.93. The standard InChI is InChI=1S/C19H29N3O2/c1-4-14(2)17(21-18(23)15-9-6-5-7-10-15)19(24)22-12-8-11-16(13-22)20-3/h5-7,9-10,14,16-17,20H,4,8,11-13H2,1-3H3,(H,21,23). The highest BCUT2D eigenvalue weighted by atomic mass is 16.2. The van der Waals surface area contributed by atoms with Gasteiger partial charge in [0.15, 0.2) is 0 Å². The van der Waals surface area contributed by atoms with Gasteiger partial charge < -0.3 is 15.5 Å². The molecule has 1 aromatic rings. The van der Waals surface area contributed by atoms with Crippen molar-refractivity contribution in [2.24, 2.45) is 5.92 Å². The number of rotatable bonds is 6. The van der Waals surface area contributed by atoms with Gasteiger partial charge in [0, 0.05) is 24.7 Å². The molecule has 0 radical (unpaired) electrons. The van der Waals surface area contributed by atoms with Crippen molar-refractivity contribution >= 4 is 11.8 Å². The van der Waals surface area contributed by atoms with E-state index in [9.17, 15) is 9.59 Å². The summed E-state index contributed by atoms with van der Waals surface area (Å²) >= 11 is 0. The Bertz CT molecular complexity index is 547. The van der Waals surface area contributed by atoms with Crippen LogP contribution in [0.1, 0.15) is 43.5 Å². The molecule has 1 aliphatic heterocycles. The Morgan fingerprint density at radius 3 is 2.62 bits per heavy atom. The van der Waals surface area contributed by atoms with E-state index in [4.69, 9.17) is 0 Å². The molecular weight excluding hydrogens is 302 g/mol. The summed E-state index contributed by atoms with van der Waals surface area (Å²) in [5.41, 5.74) is 0.588. The largest absolute Gasteiger partial charge is 0.340 e. The van der Waals surface area contributed by atoms with Gasteiger partial charge in [0.2, 0.25) is 5.91 Å². The molecule has 1 heterocycles. The molecule has 3 unspecified atom stereocenters. The average molecular weight is 331 g/mol. The van der Waals surface area contributed by atoms with Gasteiger partial charge >= 0.3 is 0 Å². The Morgan fingerprint density at radius 1 is 1.29 bits per heavy atom. The number of carbonyl (C=O) groups excluding carboxylic acids is 2. The zero-order chi connectivity index (χ0) is 17.5. The van der Waals surface area contributed by atoms with Crippen molar-refractivity contribution in [2.75, 3.05) is 20.1 Å². The molecule has 0 bridgehead atoms. The van der Waals surface area contributed by atoms with E-state index in [1.54, 1.807) is 12.1 Å². The van der Waals surface area contributed by atoms with Crippen LogP contribution in [0.5, 0.6) is 0 Å². The predicted molar refractivity (Wildman–Crippen MR) is 95.8 cm³/mol. The minimum atomic E-state index is -0.474. The van der Waals surface area contributed by atoms with Crippen molar-refractivity contribution in [1.82, 2.24) is 15.5 Å². The Balaban J connectivity index is 2.10. The Hall–Kier alpha value is -1.88. The minimum Gasteiger partial charge on any atom is -0.340 e. The summed E-state index contributed by atoms with van der Waals surface area (Å²) in [5, 5.41) is 6.22. The number of nitrogens with one attached hydrogen (secondary N) is 2. The first-order valence-corrected chi connectivity index (χ1v) is 8.88. The third-order valence-electron chi connectivity index (χ3n) is 4.94. The molecule has 2 amide bonds. The molecule has 0 aliphatic carbocycles. The monoisotopic (exact) mass is 331 g/mol. The molecule has 0 spiro atoms. The zero-order valence-electron chi connectivity index (χ0n) is 14.9. The third kappa shape index (κ3) is 4.57. The maximum atomic E-state index is 13.0. The van der Waals surface area contributed by atoms with Gasteiger partial charge in [0.25, 0.3) is 5.91 Å². The Kier molecular flexibility index (Phi) is 6.79. The first kappa shape index (κ1) is 18.5. The van der Waals surface area contributed by atoms with Crippen LogP contribution in [-0.4, -0.2) is 48.9 Å². The van der Waals surface area contributed by atoms with E-state index in [0.29, 0.717) is 18.2 Å². The van der Waals surface area contributed by atoms with Crippen molar-refractivity contribution in [3.05, 3.63) is 35.9 Å². The van der Waals surface area contributed by atoms with Gasteiger partial charge in [-0.1, -0.05) is 38.5 Å². The molecule has 24 heavy (non-hydrogen) atoms. The van der Waals surface area contributed by atoms with E-state index in [2.05, 4.69) is 10.6 Å². The van der Waals surface area contributed by atoms with Crippen LogP contribution in [0.15, 0.2) is 30.3 Å². The van der Waals surface area contributed by atoms with E-state index in [1.165, 1.54) is 0 Å². The van der Waals surface area contributed by atoms with E-state index in [0.717, 1.165) is 25.8 Å². The van der Waals surface area contributed by atoms with Crippen LogP contribution in [0.25, 0.3) is 0 Å². The van der Waals surface area contributed by atoms with Crippen LogP contribution >= 0.6 is 0 Å². The van der Waals surface area contributed by atoms with Crippen LogP contribution < -0.4 is 10.6 Å². The van der Waals surface area contributed by atoms with Crippen molar-refractivity contribution in [3.8, 4) is 0 Å². The lowest BCUT2D eigenvalue weighted by molar-refractivity contribution is -0.135. The summed E-state index contributed by atoms with van der Waals surface area (Å²) < 4.78 is 0. The fraction of sp³-hybridized carbons (Fsp3) is 0.579. The molecule has 2 N–H and O–H groups in total. The zero-order valence-corrected chi connectivity index (χ0v) is 14.9. The van der Waals surface area contributed by atoms with Crippen LogP contribution in [0.4, 0.5) is 0 Å². The summed E-state index contributed by atoms with van der Waals surface area (Å²) in [5.74, 6) is -0.0508. The number of amides is 2.